The van der Waals surface area contributed by atoms with Gasteiger partial charge in [0.2, 0.25) is 0 Å². The molecule has 4 nitrogen and oxygen atoms in total. The summed E-state index contributed by atoms with van der Waals surface area (Å²) in [5.74, 6) is 5.89. The van der Waals surface area contributed by atoms with Crippen molar-refractivity contribution in [2.45, 2.75) is 13.5 Å². The molecule has 0 saturated carbocycles. The van der Waals surface area contributed by atoms with E-state index >= 15 is 0 Å². The van der Waals surface area contributed by atoms with Gasteiger partial charge in [0.15, 0.2) is 0 Å². The number of rotatable bonds is 4. The van der Waals surface area contributed by atoms with Crippen LogP contribution >= 0.6 is 0 Å². The lowest BCUT2D eigenvalue weighted by Crippen LogP contribution is -2.01. The van der Waals surface area contributed by atoms with Gasteiger partial charge in [0, 0.05) is 11.6 Å². The van der Waals surface area contributed by atoms with E-state index in [0.29, 0.717) is 13.2 Å². The highest BCUT2D eigenvalue weighted by Gasteiger charge is 2.07. The zero-order valence-electron chi connectivity index (χ0n) is 9.14. The van der Waals surface area contributed by atoms with Crippen LogP contribution in [-0.2, 0) is 11.4 Å². The molecule has 2 rings (SSSR count). The van der Waals surface area contributed by atoms with Crippen molar-refractivity contribution < 1.29 is 9.57 Å². The maximum Gasteiger partial charge on any atom is 0.145 e. The van der Waals surface area contributed by atoms with E-state index in [1.807, 2.05) is 31.2 Å². The van der Waals surface area contributed by atoms with Gasteiger partial charge in [-0.2, -0.15) is 0 Å². The molecule has 0 amide bonds. The maximum atomic E-state index is 5.52. The normalized spacial score (nSPS) is 10.6. The fraction of sp³-hybridized carbons (Fsp3) is 0.250. The summed E-state index contributed by atoms with van der Waals surface area (Å²) in [6.45, 7) is 2.94. The second-order valence-electron chi connectivity index (χ2n) is 3.37. The number of nitrogens with zero attached hydrogens (tertiary/aromatic N) is 1. The summed E-state index contributed by atoms with van der Waals surface area (Å²) in [5, 5.41) is 1.01. The molecule has 1 aromatic heterocycles. The van der Waals surface area contributed by atoms with E-state index in [9.17, 15) is 0 Å². The minimum absolute atomic E-state index is 0.370. The van der Waals surface area contributed by atoms with Gasteiger partial charge < -0.3 is 4.74 Å². The van der Waals surface area contributed by atoms with Gasteiger partial charge in [0.25, 0.3) is 0 Å². The molecule has 4 heteroatoms. The molecule has 84 valence electrons. The SMILES string of the molecule is CCOc1ccc(CON)c2cccnc12. The van der Waals surface area contributed by atoms with Crippen molar-refractivity contribution in [3.63, 3.8) is 0 Å². The maximum absolute atomic E-state index is 5.52. The highest BCUT2D eigenvalue weighted by atomic mass is 16.6. The highest BCUT2D eigenvalue weighted by molar-refractivity contribution is 5.87. The zero-order valence-corrected chi connectivity index (χ0v) is 9.14. The minimum atomic E-state index is 0.370. The van der Waals surface area contributed by atoms with Gasteiger partial charge in [-0.3, -0.25) is 9.82 Å². The predicted octanol–water partition coefficient (Wildman–Crippen LogP) is 2.02. The summed E-state index contributed by atoms with van der Waals surface area (Å²) in [5.41, 5.74) is 1.85. The first kappa shape index (κ1) is 10.9. The van der Waals surface area contributed by atoms with Gasteiger partial charge >= 0.3 is 0 Å². The van der Waals surface area contributed by atoms with Crippen LogP contribution < -0.4 is 10.6 Å². The molecular formula is C12H14N2O2. The molecule has 0 aliphatic heterocycles. The van der Waals surface area contributed by atoms with Crippen molar-refractivity contribution in [2.75, 3.05) is 6.61 Å². The topological polar surface area (TPSA) is 57.4 Å². The Morgan fingerprint density at radius 2 is 2.19 bits per heavy atom. The lowest BCUT2D eigenvalue weighted by Gasteiger charge is -2.09. The van der Waals surface area contributed by atoms with Gasteiger partial charge in [0.05, 0.1) is 13.2 Å². The standard InChI is InChI=1S/C12H14N2O2/c1-2-15-11-6-5-9(8-16-13)10-4-3-7-14-12(10)11/h3-7H,2,8,13H2,1H3. The molecule has 2 aromatic rings. The van der Waals surface area contributed by atoms with E-state index in [0.717, 1.165) is 22.2 Å². The first-order valence-electron chi connectivity index (χ1n) is 5.18. The van der Waals surface area contributed by atoms with Gasteiger partial charge in [-0.25, -0.2) is 5.90 Å². The molecule has 0 aliphatic carbocycles. The minimum Gasteiger partial charge on any atom is -0.492 e. The number of nitrogens with two attached hydrogens (primary N) is 1. The molecule has 0 radical (unpaired) electrons. The smallest absolute Gasteiger partial charge is 0.145 e. The largest absolute Gasteiger partial charge is 0.492 e. The van der Waals surface area contributed by atoms with Crippen LogP contribution in [0.15, 0.2) is 30.5 Å². The van der Waals surface area contributed by atoms with Crippen LogP contribution in [0.3, 0.4) is 0 Å². The number of hydrogen-bond donors (Lipinski definition) is 1. The first-order valence-corrected chi connectivity index (χ1v) is 5.18. The van der Waals surface area contributed by atoms with Gasteiger partial charge in [-0.05, 0) is 24.6 Å². The van der Waals surface area contributed by atoms with Crippen molar-refractivity contribution in [2.24, 2.45) is 5.90 Å². The van der Waals surface area contributed by atoms with E-state index < -0.39 is 0 Å². The van der Waals surface area contributed by atoms with E-state index in [1.165, 1.54) is 0 Å². The summed E-state index contributed by atoms with van der Waals surface area (Å²) in [4.78, 5) is 8.99. The monoisotopic (exact) mass is 218 g/mol. The van der Waals surface area contributed by atoms with E-state index in [2.05, 4.69) is 9.82 Å². The molecule has 2 N–H and O–H groups in total. The molecule has 1 aromatic carbocycles. The van der Waals surface area contributed by atoms with E-state index in [-0.39, 0.29) is 0 Å². The molecule has 0 aliphatic rings. The lowest BCUT2D eigenvalue weighted by atomic mass is 10.1. The zero-order chi connectivity index (χ0) is 11.4. The second-order valence-corrected chi connectivity index (χ2v) is 3.37. The Hall–Kier alpha value is -1.65. The van der Waals surface area contributed by atoms with Crippen molar-refractivity contribution in [1.82, 2.24) is 4.98 Å². The number of hydrogen-bond acceptors (Lipinski definition) is 4. The molecule has 0 bridgehead atoms. The van der Waals surface area contributed by atoms with E-state index in [1.54, 1.807) is 6.20 Å². The Labute approximate surface area is 93.9 Å². The molecule has 0 atom stereocenters. The van der Waals surface area contributed by atoms with Crippen LogP contribution in [0.1, 0.15) is 12.5 Å². The number of aromatic nitrogens is 1. The average molecular weight is 218 g/mol. The van der Waals surface area contributed by atoms with Crippen molar-refractivity contribution >= 4 is 10.9 Å². The highest BCUT2D eigenvalue weighted by Crippen LogP contribution is 2.26. The Morgan fingerprint density at radius 3 is 2.94 bits per heavy atom. The van der Waals surface area contributed by atoms with Gasteiger partial charge in [0.1, 0.15) is 11.3 Å². The summed E-state index contributed by atoms with van der Waals surface area (Å²) < 4.78 is 5.52. The van der Waals surface area contributed by atoms with Crippen molar-refractivity contribution in [1.29, 1.82) is 0 Å². The molecule has 0 spiro atoms. The van der Waals surface area contributed by atoms with Crippen molar-refractivity contribution in [3.8, 4) is 5.75 Å². The number of pyridine rings is 1. The first-order chi connectivity index (χ1) is 7.86. The Morgan fingerprint density at radius 1 is 1.31 bits per heavy atom. The third-order valence-electron chi connectivity index (χ3n) is 2.36. The number of benzene rings is 1. The molecule has 0 fully saturated rings. The van der Waals surface area contributed by atoms with Gasteiger partial charge in [-0.1, -0.05) is 12.1 Å². The predicted molar refractivity (Wildman–Crippen MR) is 61.9 cm³/mol. The van der Waals surface area contributed by atoms with E-state index in [4.69, 9.17) is 10.6 Å². The van der Waals surface area contributed by atoms with Crippen LogP contribution in [0.2, 0.25) is 0 Å². The lowest BCUT2D eigenvalue weighted by molar-refractivity contribution is 0.125. The third kappa shape index (κ3) is 1.98. The molecule has 0 saturated heterocycles. The summed E-state index contributed by atoms with van der Waals surface area (Å²) in [6.07, 6.45) is 1.75. The Kier molecular flexibility index (Phi) is 3.34. The van der Waals surface area contributed by atoms with Crippen LogP contribution in [0.5, 0.6) is 5.75 Å². The molecule has 16 heavy (non-hydrogen) atoms. The molecule has 1 heterocycles. The number of ether oxygens (including phenoxy) is 1. The summed E-state index contributed by atoms with van der Waals surface area (Å²) in [7, 11) is 0. The molecule has 0 unspecified atom stereocenters. The fourth-order valence-electron chi connectivity index (χ4n) is 1.69. The average Bonchev–Trinajstić information content (AvgIpc) is 2.33. The van der Waals surface area contributed by atoms with Crippen molar-refractivity contribution in [3.05, 3.63) is 36.0 Å². The number of fused-ring (bicyclic) bond motifs is 1. The Balaban J connectivity index is 2.57. The summed E-state index contributed by atoms with van der Waals surface area (Å²) >= 11 is 0. The fourth-order valence-corrected chi connectivity index (χ4v) is 1.69. The van der Waals surface area contributed by atoms with Crippen LogP contribution in [0.4, 0.5) is 0 Å². The van der Waals surface area contributed by atoms with Crippen LogP contribution in [0, 0.1) is 0 Å². The third-order valence-corrected chi connectivity index (χ3v) is 2.36. The van der Waals surface area contributed by atoms with Crippen LogP contribution in [-0.4, -0.2) is 11.6 Å². The van der Waals surface area contributed by atoms with Crippen LogP contribution in [0.25, 0.3) is 10.9 Å². The summed E-state index contributed by atoms with van der Waals surface area (Å²) in [6, 6.07) is 7.71. The molecular weight excluding hydrogens is 204 g/mol. The van der Waals surface area contributed by atoms with Gasteiger partial charge in [-0.15, -0.1) is 0 Å². The second kappa shape index (κ2) is 4.92. The Bertz CT molecular complexity index is 441. The quantitative estimate of drug-likeness (QED) is 0.798.